The molecule has 3 rings (SSSR count). The molecule has 0 saturated carbocycles. The fraction of sp³-hybridized carbons (Fsp3) is 0.294. The maximum absolute atomic E-state index is 11.2. The highest BCUT2D eigenvalue weighted by Gasteiger charge is 2.33. The van der Waals surface area contributed by atoms with E-state index in [0.29, 0.717) is 0 Å². The lowest BCUT2D eigenvalue weighted by Crippen LogP contribution is -2.23. The molecule has 0 radical (unpaired) electrons. The first kappa shape index (κ1) is 13.3. The van der Waals surface area contributed by atoms with E-state index < -0.39 is 0 Å². The summed E-state index contributed by atoms with van der Waals surface area (Å²) in [7, 11) is 0. The van der Waals surface area contributed by atoms with Crippen LogP contribution in [0.3, 0.4) is 0 Å². The van der Waals surface area contributed by atoms with E-state index in [1.807, 2.05) is 24.3 Å². The molecule has 2 nitrogen and oxygen atoms in total. The Labute approximate surface area is 122 Å². The highest BCUT2D eigenvalue weighted by molar-refractivity contribution is 7.19. The number of para-hydroxylation sites is 1. The van der Waals surface area contributed by atoms with Crippen molar-refractivity contribution in [3.05, 3.63) is 47.5 Å². The smallest absolute Gasteiger partial charge is 0.130 e. The highest BCUT2D eigenvalue weighted by Crippen LogP contribution is 2.47. The molecule has 0 saturated heterocycles. The zero-order valence-electron chi connectivity index (χ0n) is 11.7. The van der Waals surface area contributed by atoms with Crippen molar-refractivity contribution in [3.63, 3.8) is 0 Å². The average molecular weight is 283 g/mol. The molecule has 0 fully saturated rings. The van der Waals surface area contributed by atoms with Crippen LogP contribution in [0.4, 0.5) is 0 Å². The Hall–Kier alpha value is -1.74. The van der Waals surface area contributed by atoms with Crippen molar-refractivity contribution in [3.8, 4) is 0 Å². The van der Waals surface area contributed by atoms with E-state index in [0.717, 1.165) is 28.8 Å². The van der Waals surface area contributed by atoms with Gasteiger partial charge in [0.15, 0.2) is 0 Å². The summed E-state index contributed by atoms with van der Waals surface area (Å²) in [6.07, 6.45) is 3.85. The van der Waals surface area contributed by atoms with E-state index in [9.17, 15) is 4.79 Å². The average Bonchev–Trinajstić information content (AvgIpc) is 2.81. The molecule has 1 aromatic heterocycles. The van der Waals surface area contributed by atoms with E-state index in [1.165, 1.54) is 10.3 Å². The Kier molecular flexibility index (Phi) is 3.09. The summed E-state index contributed by atoms with van der Waals surface area (Å²) in [5, 5.41) is 1.02. The zero-order chi connectivity index (χ0) is 14.3. The lowest BCUT2D eigenvalue weighted by atomic mass is 9.71. The number of hydrogen-bond donors (Lipinski definition) is 0. The number of carbonyl (C=O) groups excluding carboxylic acids is 1. The topological polar surface area (TPSA) is 30.0 Å². The van der Waals surface area contributed by atoms with Crippen LogP contribution >= 0.6 is 11.3 Å². The maximum Gasteiger partial charge on any atom is 0.130 e. The molecular formula is C17H17NOS. The van der Waals surface area contributed by atoms with Gasteiger partial charge in [-0.1, -0.05) is 44.2 Å². The number of allylic oxidation sites excluding steroid dienone is 3. The molecule has 20 heavy (non-hydrogen) atoms. The number of hydrogen-bond acceptors (Lipinski definition) is 3. The van der Waals surface area contributed by atoms with Gasteiger partial charge in [0.2, 0.25) is 0 Å². The minimum atomic E-state index is -0.176. The van der Waals surface area contributed by atoms with Gasteiger partial charge in [0.05, 0.1) is 16.1 Å². The Morgan fingerprint density at radius 3 is 2.85 bits per heavy atom. The quantitative estimate of drug-likeness (QED) is 0.601. The Balaban J connectivity index is 2.14. The van der Waals surface area contributed by atoms with Crippen molar-refractivity contribution >= 4 is 33.4 Å². The SMILES string of the molecule is C=C1CC(C)(C)C(c2nc3ccccc3s2)=CC1C=O. The Morgan fingerprint density at radius 1 is 1.40 bits per heavy atom. The van der Waals surface area contributed by atoms with Gasteiger partial charge in [0.1, 0.15) is 11.3 Å². The second-order valence-electron chi connectivity index (χ2n) is 5.95. The molecule has 1 aliphatic carbocycles. The van der Waals surface area contributed by atoms with E-state index in [-0.39, 0.29) is 11.3 Å². The third-order valence-corrected chi connectivity index (χ3v) is 4.96. The molecule has 1 heterocycles. The number of nitrogens with zero attached hydrogens (tertiary/aromatic N) is 1. The fourth-order valence-electron chi connectivity index (χ4n) is 2.79. The first-order valence-corrected chi connectivity index (χ1v) is 7.54. The third kappa shape index (κ3) is 2.12. The molecule has 0 aliphatic heterocycles. The number of aromatic nitrogens is 1. The standard InChI is InChI=1S/C17H17NOS/c1-11-9-17(2,3)13(8-12(11)10-19)16-18-14-6-4-5-7-15(14)20-16/h4-8,10,12H,1,9H2,2-3H3. The van der Waals surface area contributed by atoms with Crippen LogP contribution in [0.2, 0.25) is 0 Å². The molecule has 0 bridgehead atoms. The molecule has 0 amide bonds. The van der Waals surface area contributed by atoms with Crippen LogP contribution in [-0.4, -0.2) is 11.3 Å². The van der Waals surface area contributed by atoms with Crippen LogP contribution in [0.5, 0.6) is 0 Å². The van der Waals surface area contributed by atoms with Crippen LogP contribution in [0, 0.1) is 11.3 Å². The van der Waals surface area contributed by atoms with Crippen molar-refractivity contribution in [2.45, 2.75) is 20.3 Å². The normalized spacial score (nSPS) is 21.8. The zero-order valence-corrected chi connectivity index (χ0v) is 12.5. The van der Waals surface area contributed by atoms with Gasteiger partial charge >= 0.3 is 0 Å². The van der Waals surface area contributed by atoms with Gasteiger partial charge in [-0.3, -0.25) is 0 Å². The summed E-state index contributed by atoms with van der Waals surface area (Å²) in [6, 6.07) is 8.15. The second kappa shape index (κ2) is 4.67. The summed E-state index contributed by atoms with van der Waals surface area (Å²) in [6.45, 7) is 8.42. The predicted octanol–water partition coefficient (Wildman–Crippen LogP) is 4.48. The molecule has 102 valence electrons. The minimum Gasteiger partial charge on any atom is -0.302 e. The number of fused-ring (bicyclic) bond motifs is 1. The van der Waals surface area contributed by atoms with Crippen molar-refractivity contribution < 1.29 is 4.79 Å². The summed E-state index contributed by atoms with van der Waals surface area (Å²) >= 11 is 1.69. The van der Waals surface area contributed by atoms with E-state index in [4.69, 9.17) is 4.98 Å². The van der Waals surface area contributed by atoms with Gasteiger partial charge in [0.25, 0.3) is 0 Å². The largest absolute Gasteiger partial charge is 0.302 e. The molecule has 1 unspecified atom stereocenters. The summed E-state index contributed by atoms with van der Waals surface area (Å²) < 4.78 is 1.19. The third-order valence-electron chi connectivity index (χ3n) is 3.89. The molecule has 1 aliphatic rings. The van der Waals surface area contributed by atoms with Crippen molar-refractivity contribution in [1.82, 2.24) is 4.98 Å². The van der Waals surface area contributed by atoms with Gasteiger partial charge in [0, 0.05) is 0 Å². The first-order chi connectivity index (χ1) is 9.51. The first-order valence-electron chi connectivity index (χ1n) is 6.72. The molecular weight excluding hydrogens is 266 g/mol. The van der Waals surface area contributed by atoms with Crippen LogP contribution in [0.15, 0.2) is 42.5 Å². The summed E-state index contributed by atoms with van der Waals surface area (Å²) in [4.78, 5) is 15.9. The Morgan fingerprint density at radius 2 is 2.15 bits per heavy atom. The number of rotatable bonds is 2. The molecule has 1 aromatic carbocycles. The lowest BCUT2D eigenvalue weighted by Gasteiger charge is -2.34. The minimum absolute atomic E-state index is 0.0233. The van der Waals surface area contributed by atoms with Crippen molar-refractivity contribution in [1.29, 1.82) is 0 Å². The molecule has 1 atom stereocenters. The van der Waals surface area contributed by atoms with Crippen molar-refractivity contribution in [2.24, 2.45) is 11.3 Å². The van der Waals surface area contributed by atoms with Crippen LogP contribution in [0.25, 0.3) is 15.8 Å². The molecule has 0 N–H and O–H groups in total. The van der Waals surface area contributed by atoms with Crippen molar-refractivity contribution in [2.75, 3.05) is 0 Å². The van der Waals surface area contributed by atoms with Gasteiger partial charge < -0.3 is 4.79 Å². The van der Waals surface area contributed by atoms with Gasteiger partial charge in [-0.05, 0) is 29.5 Å². The highest BCUT2D eigenvalue weighted by atomic mass is 32.1. The monoisotopic (exact) mass is 283 g/mol. The lowest BCUT2D eigenvalue weighted by molar-refractivity contribution is -0.109. The second-order valence-corrected chi connectivity index (χ2v) is 6.98. The van der Waals surface area contributed by atoms with Crippen LogP contribution in [-0.2, 0) is 4.79 Å². The number of thiazole rings is 1. The summed E-state index contributed by atoms with van der Waals surface area (Å²) in [5.74, 6) is -0.176. The maximum atomic E-state index is 11.2. The predicted molar refractivity (Wildman–Crippen MR) is 84.7 cm³/mol. The fourth-order valence-corrected chi connectivity index (χ4v) is 3.96. The number of carbonyl (C=O) groups is 1. The Bertz CT molecular complexity index is 690. The van der Waals surface area contributed by atoms with E-state index in [1.54, 1.807) is 11.3 Å². The number of aldehydes is 1. The molecule has 0 spiro atoms. The van der Waals surface area contributed by atoms with E-state index in [2.05, 4.69) is 26.5 Å². The number of benzene rings is 1. The van der Waals surface area contributed by atoms with Gasteiger partial charge in [-0.2, -0.15) is 0 Å². The van der Waals surface area contributed by atoms with E-state index >= 15 is 0 Å². The van der Waals surface area contributed by atoms with Crippen LogP contribution < -0.4 is 0 Å². The van der Waals surface area contributed by atoms with Gasteiger partial charge in [-0.25, -0.2) is 4.98 Å². The molecule has 2 aromatic rings. The van der Waals surface area contributed by atoms with Crippen LogP contribution in [0.1, 0.15) is 25.3 Å². The van der Waals surface area contributed by atoms with Gasteiger partial charge in [-0.15, -0.1) is 11.3 Å². The summed E-state index contributed by atoms with van der Waals surface area (Å²) in [5.41, 5.74) is 3.17. The molecule has 3 heteroatoms.